The van der Waals surface area contributed by atoms with E-state index in [2.05, 4.69) is 9.05 Å². The highest BCUT2D eigenvalue weighted by atomic mass is 31.2. The smallest absolute Gasteiger partial charge is 0.371 e. The van der Waals surface area contributed by atoms with Gasteiger partial charge in [-0.1, -0.05) is 0 Å². The van der Waals surface area contributed by atoms with Crippen molar-refractivity contribution in [1.82, 2.24) is 0 Å². The van der Waals surface area contributed by atoms with E-state index in [-0.39, 0.29) is 6.29 Å². The largest absolute Gasteiger partial charge is 0.530 e. The highest BCUT2D eigenvalue weighted by Gasteiger charge is 2.23. The first-order chi connectivity index (χ1) is 4.98. The molecular weight excluding hydrogens is 175 g/mol. The molecule has 6 nitrogen and oxygen atoms in total. The van der Waals surface area contributed by atoms with Crippen LogP contribution >= 0.6 is 7.82 Å². The lowest BCUT2D eigenvalue weighted by atomic mass is 10.9. The molecule has 1 atom stereocenters. The van der Waals surface area contributed by atoms with E-state index in [0.29, 0.717) is 0 Å². The third kappa shape index (κ3) is 5.72. The summed E-state index contributed by atoms with van der Waals surface area (Å²) in [5.41, 5.74) is 0. The van der Waals surface area contributed by atoms with Gasteiger partial charge in [0.25, 0.3) is 0 Å². The number of carbonyl (C=O) groups is 2. The van der Waals surface area contributed by atoms with Crippen molar-refractivity contribution in [3.05, 3.63) is 0 Å². The van der Waals surface area contributed by atoms with Crippen LogP contribution in [0.5, 0.6) is 0 Å². The third-order valence-electron chi connectivity index (χ3n) is 0.550. The molecule has 0 aromatic rings. The van der Waals surface area contributed by atoms with Gasteiger partial charge in [0.2, 0.25) is 0 Å². The quantitative estimate of drug-likeness (QED) is 0.480. The zero-order valence-corrected chi connectivity index (χ0v) is 6.61. The number of hydrogen-bond acceptors (Lipinski definition) is 5. The van der Waals surface area contributed by atoms with Crippen molar-refractivity contribution in [2.45, 2.75) is 6.92 Å². The summed E-state index contributed by atoms with van der Waals surface area (Å²) in [4.78, 5) is 28.3. The van der Waals surface area contributed by atoms with Crippen LogP contribution in [0.25, 0.3) is 0 Å². The van der Waals surface area contributed by atoms with Crippen LogP contribution in [0.15, 0.2) is 0 Å². The van der Waals surface area contributed by atoms with Gasteiger partial charge in [0.15, 0.2) is 0 Å². The zero-order chi connectivity index (χ0) is 8.91. The second-order valence-electron chi connectivity index (χ2n) is 1.51. The summed E-state index contributed by atoms with van der Waals surface area (Å²) in [6, 6.07) is 0. The van der Waals surface area contributed by atoms with Crippen LogP contribution in [0.4, 0.5) is 0 Å². The number of rotatable bonds is 4. The molecule has 1 unspecified atom stereocenters. The normalized spacial score (nSPS) is 15.1. The lowest BCUT2D eigenvalue weighted by molar-refractivity contribution is -0.133. The molecule has 0 radical (unpaired) electrons. The molecule has 0 saturated carbocycles. The Morgan fingerprint density at radius 2 is 2.27 bits per heavy atom. The molecular formula is C4H7O6P. The summed E-state index contributed by atoms with van der Waals surface area (Å²) in [5, 5.41) is 0. The van der Waals surface area contributed by atoms with Crippen molar-refractivity contribution >= 4 is 20.1 Å². The molecule has 0 aromatic carbocycles. The molecule has 0 bridgehead atoms. The maximum atomic E-state index is 10.5. The maximum Gasteiger partial charge on any atom is 0.530 e. The van der Waals surface area contributed by atoms with Crippen molar-refractivity contribution in [2.75, 3.05) is 6.61 Å². The average molecular weight is 182 g/mol. The van der Waals surface area contributed by atoms with Crippen LogP contribution in [-0.4, -0.2) is 23.8 Å². The molecule has 64 valence electrons. The second kappa shape index (κ2) is 4.23. The Balaban J connectivity index is 3.90. The SMILES string of the molecule is CC(=O)OP(=O)(O)OCC=O. The Bertz CT molecular complexity index is 199. The monoisotopic (exact) mass is 182 g/mol. The fourth-order valence-electron chi connectivity index (χ4n) is 0.313. The van der Waals surface area contributed by atoms with Gasteiger partial charge in [-0.2, -0.15) is 0 Å². The molecule has 1 N–H and O–H groups in total. The van der Waals surface area contributed by atoms with E-state index in [1.54, 1.807) is 0 Å². The molecule has 7 heteroatoms. The van der Waals surface area contributed by atoms with Crippen LogP contribution in [0.2, 0.25) is 0 Å². The summed E-state index contributed by atoms with van der Waals surface area (Å²) >= 11 is 0. The molecule has 0 rings (SSSR count). The number of hydrogen-bond donors (Lipinski definition) is 1. The van der Waals surface area contributed by atoms with E-state index in [0.717, 1.165) is 6.92 Å². The number of carbonyl (C=O) groups excluding carboxylic acids is 2. The molecule has 0 aliphatic rings. The fraction of sp³-hybridized carbons (Fsp3) is 0.500. The average Bonchev–Trinajstić information content (AvgIpc) is 1.81. The van der Waals surface area contributed by atoms with E-state index in [1.165, 1.54) is 0 Å². The van der Waals surface area contributed by atoms with Crippen LogP contribution in [-0.2, 0) is 23.2 Å². The number of phosphoric ester groups is 1. The van der Waals surface area contributed by atoms with Crippen LogP contribution < -0.4 is 0 Å². The molecule has 0 spiro atoms. The van der Waals surface area contributed by atoms with Crippen LogP contribution in [0, 0.1) is 0 Å². The standard InChI is InChI=1S/C4H7O6P/c1-4(6)10-11(7,8)9-3-2-5/h2H,3H2,1H3,(H,7,8). The van der Waals surface area contributed by atoms with Gasteiger partial charge >= 0.3 is 13.8 Å². The first kappa shape index (κ1) is 10.3. The van der Waals surface area contributed by atoms with Crippen molar-refractivity contribution in [2.24, 2.45) is 0 Å². The predicted molar refractivity (Wildman–Crippen MR) is 33.6 cm³/mol. The number of aldehydes is 1. The van der Waals surface area contributed by atoms with E-state index in [9.17, 15) is 14.2 Å². The van der Waals surface area contributed by atoms with Gasteiger partial charge in [0, 0.05) is 6.92 Å². The Kier molecular flexibility index (Phi) is 3.95. The summed E-state index contributed by atoms with van der Waals surface area (Å²) < 4.78 is 18.3. The first-order valence-corrected chi connectivity index (χ1v) is 4.08. The lowest BCUT2D eigenvalue weighted by Crippen LogP contribution is -2.01. The second-order valence-corrected chi connectivity index (χ2v) is 2.89. The highest BCUT2D eigenvalue weighted by molar-refractivity contribution is 7.48. The lowest BCUT2D eigenvalue weighted by Gasteiger charge is -2.06. The summed E-state index contributed by atoms with van der Waals surface area (Å²) in [7, 11) is -4.35. The van der Waals surface area contributed by atoms with Gasteiger partial charge in [0.1, 0.15) is 12.9 Å². The number of phosphoric acid groups is 1. The van der Waals surface area contributed by atoms with Crippen molar-refractivity contribution in [1.29, 1.82) is 0 Å². The van der Waals surface area contributed by atoms with Crippen molar-refractivity contribution in [3.63, 3.8) is 0 Å². The van der Waals surface area contributed by atoms with E-state index < -0.39 is 20.4 Å². The predicted octanol–water partition coefficient (Wildman–Crippen LogP) is -0.135. The third-order valence-corrected chi connectivity index (χ3v) is 1.51. The van der Waals surface area contributed by atoms with E-state index >= 15 is 0 Å². The Labute approximate surface area is 62.7 Å². The first-order valence-electron chi connectivity index (χ1n) is 2.59. The van der Waals surface area contributed by atoms with Crippen LogP contribution in [0.1, 0.15) is 6.92 Å². The highest BCUT2D eigenvalue weighted by Crippen LogP contribution is 2.42. The molecule has 11 heavy (non-hydrogen) atoms. The summed E-state index contributed by atoms with van der Waals surface area (Å²) in [6.07, 6.45) is 0.270. The Morgan fingerprint density at radius 1 is 1.73 bits per heavy atom. The molecule has 0 aliphatic carbocycles. The minimum atomic E-state index is -4.35. The Morgan fingerprint density at radius 3 is 2.64 bits per heavy atom. The fourth-order valence-corrected chi connectivity index (χ4v) is 0.940. The summed E-state index contributed by atoms with van der Waals surface area (Å²) in [5.74, 6) is -0.943. The van der Waals surface area contributed by atoms with Gasteiger partial charge in [-0.3, -0.25) is 14.2 Å². The van der Waals surface area contributed by atoms with Crippen LogP contribution in [0.3, 0.4) is 0 Å². The van der Waals surface area contributed by atoms with Crippen molar-refractivity contribution < 1.29 is 28.1 Å². The summed E-state index contributed by atoms with van der Waals surface area (Å²) in [6.45, 7) is 0.369. The van der Waals surface area contributed by atoms with E-state index in [1.807, 2.05) is 0 Å². The minimum Gasteiger partial charge on any atom is -0.371 e. The topological polar surface area (TPSA) is 89.9 Å². The molecule has 0 amide bonds. The Hall–Kier alpha value is -0.710. The van der Waals surface area contributed by atoms with Gasteiger partial charge in [0.05, 0.1) is 0 Å². The van der Waals surface area contributed by atoms with Gasteiger partial charge in [-0.05, 0) is 0 Å². The molecule has 0 fully saturated rings. The van der Waals surface area contributed by atoms with E-state index in [4.69, 9.17) is 4.89 Å². The zero-order valence-electron chi connectivity index (χ0n) is 5.72. The molecule has 0 aliphatic heterocycles. The van der Waals surface area contributed by atoms with Gasteiger partial charge in [-0.15, -0.1) is 0 Å². The van der Waals surface area contributed by atoms with Crippen molar-refractivity contribution in [3.8, 4) is 0 Å². The molecule has 0 heterocycles. The van der Waals surface area contributed by atoms with Gasteiger partial charge in [-0.25, -0.2) is 4.57 Å². The molecule has 0 aromatic heterocycles. The van der Waals surface area contributed by atoms with Gasteiger partial charge < -0.3 is 9.32 Å². The minimum absolute atomic E-state index is 0.270. The maximum absolute atomic E-state index is 10.5. The molecule has 0 saturated heterocycles.